The van der Waals surface area contributed by atoms with E-state index in [1.54, 1.807) is 30.3 Å². The molecule has 20 heavy (non-hydrogen) atoms. The third kappa shape index (κ3) is 3.06. The van der Waals surface area contributed by atoms with Crippen LogP contribution >= 0.6 is 0 Å². The monoisotopic (exact) mass is 274 g/mol. The second kappa shape index (κ2) is 6.06. The smallest absolute Gasteiger partial charge is 0.173 e. The molecule has 0 spiro atoms. The van der Waals surface area contributed by atoms with Crippen LogP contribution in [0, 0.1) is 12.7 Å². The van der Waals surface area contributed by atoms with E-state index >= 15 is 0 Å². The number of para-hydroxylation sites is 1. The number of rotatable bonds is 4. The molecule has 2 aromatic rings. The number of ether oxygens (including phenoxy) is 1. The van der Waals surface area contributed by atoms with Gasteiger partial charge in [0.2, 0.25) is 0 Å². The fourth-order valence-corrected chi connectivity index (χ4v) is 1.81. The Hall–Kier alpha value is -2.56. The lowest BCUT2D eigenvalue weighted by atomic mass is 10.1. The van der Waals surface area contributed by atoms with Gasteiger partial charge in [0, 0.05) is 0 Å². The van der Waals surface area contributed by atoms with E-state index in [1.807, 2.05) is 6.92 Å². The van der Waals surface area contributed by atoms with Gasteiger partial charge >= 0.3 is 0 Å². The number of aryl methyl sites for hydroxylation is 1. The lowest BCUT2D eigenvalue weighted by Crippen LogP contribution is -2.14. The first kappa shape index (κ1) is 13.9. The van der Waals surface area contributed by atoms with Gasteiger partial charge < -0.3 is 15.7 Å². The quantitative estimate of drug-likeness (QED) is 0.390. The minimum atomic E-state index is -0.307. The van der Waals surface area contributed by atoms with Gasteiger partial charge in [-0.1, -0.05) is 23.4 Å². The van der Waals surface area contributed by atoms with Crippen molar-refractivity contribution < 1.29 is 14.3 Å². The Kier molecular flexibility index (Phi) is 4.20. The van der Waals surface area contributed by atoms with Crippen molar-refractivity contribution in [2.24, 2.45) is 10.9 Å². The molecule has 2 rings (SSSR count). The van der Waals surface area contributed by atoms with Gasteiger partial charge in [-0.3, -0.25) is 0 Å². The number of nitrogens with zero attached hydrogens (tertiary/aromatic N) is 1. The minimum absolute atomic E-state index is 0.0310. The zero-order valence-corrected chi connectivity index (χ0v) is 11.0. The van der Waals surface area contributed by atoms with Crippen LogP contribution in [-0.2, 0) is 6.61 Å². The normalized spacial score (nSPS) is 11.4. The molecule has 0 fully saturated rings. The van der Waals surface area contributed by atoms with Crippen LogP contribution in [0.25, 0.3) is 0 Å². The third-order valence-electron chi connectivity index (χ3n) is 2.97. The fraction of sp³-hybridized carbons (Fsp3) is 0.133. The predicted molar refractivity (Wildman–Crippen MR) is 74.4 cm³/mol. The van der Waals surface area contributed by atoms with Crippen molar-refractivity contribution in [3.05, 3.63) is 65.0 Å². The van der Waals surface area contributed by atoms with Crippen molar-refractivity contribution in [2.75, 3.05) is 0 Å². The van der Waals surface area contributed by atoms with Gasteiger partial charge in [-0.25, -0.2) is 4.39 Å². The predicted octanol–water partition coefficient (Wildman–Crippen LogP) is 2.81. The number of benzene rings is 2. The Balaban J connectivity index is 2.21. The third-order valence-corrected chi connectivity index (χ3v) is 2.97. The average Bonchev–Trinajstić information content (AvgIpc) is 2.47. The number of hydrogen-bond acceptors (Lipinski definition) is 3. The molecule has 0 atom stereocenters. The Morgan fingerprint density at radius 1 is 1.30 bits per heavy atom. The van der Waals surface area contributed by atoms with Gasteiger partial charge in [0.05, 0.1) is 5.56 Å². The maximum Gasteiger partial charge on any atom is 0.173 e. The zero-order valence-electron chi connectivity index (χ0n) is 11.0. The summed E-state index contributed by atoms with van der Waals surface area (Å²) in [4.78, 5) is 0. The molecule has 0 radical (unpaired) electrons. The Morgan fingerprint density at radius 3 is 2.80 bits per heavy atom. The molecule has 0 saturated heterocycles. The topological polar surface area (TPSA) is 67.8 Å². The van der Waals surface area contributed by atoms with Crippen molar-refractivity contribution in [3.63, 3.8) is 0 Å². The SMILES string of the molecule is Cc1ccc(F)cc1COc1ccccc1/C(N)=N/O. The standard InChI is InChI=1S/C15H15FN2O2/c1-10-6-7-12(16)8-11(10)9-20-14-5-3-2-4-13(14)15(17)18-19/h2-8,19H,9H2,1H3,(H2,17,18). The molecule has 0 aliphatic rings. The van der Waals surface area contributed by atoms with Crippen LogP contribution in [0.1, 0.15) is 16.7 Å². The highest BCUT2D eigenvalue weighted by molar-refractivity contribution is 5.99. The van der Waals surface area contributed by atoms with Gasteiger partial charge in [0.25, 0.3) is 0 Å². The second-order valence-corrected chi connectivity index (χ2v) is 4.34. The highest BCUT2D eigenvalue weighted by atomic mass is 19.1. The average molecular weight is 274 g/mol. The number of nitrogens with two attached hydrogens (primary N) is 1. The maximum atomic E-state index is 13.2. The van der Waals surface area contributed by atoms with E-state index in [9.17, 15) is 4.39 Å². The van der Waals surface area contributed by atoms with E-state index in [2.05, 4.69) is 5.16 Å². The fourth-order valence-electron chi connectivity index (χ4n) is 1.81. The van der Waals surface area contributed by atoms with Crippen LogP contribution in [-0.4, -0.2) is 11.0 Å². The summed E-state index contributed by atoms with van der Waals surface area (Å²) >= 11 is 0. The van der Waals surface area contributed by atoms with Crippen molar-refractivity contribution in [2.45, 2.75) is 13.5 Å². The van der Waals surface area contributed by atoms with Crippen LogP contribution in [0.2, 0.25) is 0 Å². The van der Waals surface area contributed by atoms with Gasteiger partial charge in [-0.15, -0.1) is 0 Å². The number of hydrogen-bond donors (Lipinski definition) is 2. The zero-order chi connectivity index (χ0) is 14.5. The van der Waals surface area contributed by atoms with Crippen molar-refractivity contribution >= 4 is 5.84 Å². The summed E-state index contributed by atoms with van der Waals surface area (Å²) in [6.45, 7) is 2.09. The Labute approximate surface area is 116 Å². The molecule has 4 nitrogen and oxygen atoms in total. The first-order valence-corrected chi connectivity index (χ1v) is 6.06. The van der Waals surface area contributed by atoms with E-state index < -0.39 is 0 Å². The summed E-state index contributed by atoms with van der Waals surface area (Å²) in [6, 6.07) is 11.5. The summed E-state index contributed by atoms with van der Waals surface area (Å²) in [6.07, 6.45) is 0. The highest BCUT2D eigenvalue weighted by Crippen LogP contribution is 2.20. The Bertz CT molecular complexity index is 642. The van der Waals surface area contributed by atoms with E-state index in [0.29, 0.717) is 11.3 Å². The summed E-state index contributed by atoms with van der Waals surface area (Å²) in [5.41, 5.74) is 7.75. The molecule has 0 unspecified atom stereocenters. The minimum Gasteiger partial charge on any atom is -0.488 e. The van der Waals surface area contributed by atoms with Crippen LogP contribution in [0.5, 0.6) is 5.75 Å². The van der Waals surface area contributed by atoms with Gasteiger partial charge in [-0.2, -0.15) is 0 Å². The molecule has 104 valence electrons. The van der Waals surface area contributed by atoms with E-state index in [1.165, 1.54) is 12.1 Å². The lowest BCUT2D eigenvalue weighted by molar-refractivity contribution is 0.302. The lowest BCUT2D eigenvalue weighted by Gasteiger charge is -2.12. The number of oxime groups is 1. The summed E-state index contributed by atoms with van der Waals surface area (Å²) in [5.74, 6) is 0.141. The molecule has 5 heteroatoms. The van der Waals surface area contributed by atoms with Gasteiger partial charge in [0.15, 0.2) is 5.84 Å². The van der Waals surface area contributed by atoms with Crippen molar-refractivity contribution in [1.82, 2.24) is 0 Å². The van der Waals surface area contributed by atoms with Gasteiger partial charge in [-0.05, 0) is 42.3 Å². The molecule has 2 aromatic carbocycles. The molecule has 3 N–H and O–H groups in total. The van der Waals surface area contributed by atoms with Crippen LogP contribution < -0.4 is 10.5 Å². The van der Waals surface area contributed by atoms with Crippen molar-refractivity contribution in [1.29, 1.82) is 0 Å². The molecule has 0 bridgehead atoms. The van der Waals surface area contributed by atoms with Crippen LogP contribution in [0.4, 0.5) is 4.39 Å². The largest absolute Gasteiger partial charge is 0.488 e. The molecule has 0 aromatic heterocycles. The molecule has 0 aliphatic heterocycles. The van der Waals surface area contributed by atoms with E-state index in [-0.39, 0.29) is 18.3 Å². The molecular weight excluding hydrogens is 259 g/mol. The molecule has 0 saturated carbocycles. The highest BCUT2D eigenvalue weighted by Gasteiger charge is 2.08. The maximum absolute atomic E-state index is 13.2. The summed E-state index contributed by atoms with van der Waals surface area (Å²) in [5, 5.41) is 11.7. The molecular formula is C15H15FN2O2. The molecule has 0 amide bonds. The van der Waals surface area contributed by atoms with E-state index in [4.69, 9.17) is 15.7 Å². The van der Waals surface area contributed by atoms with E-state index in [0.717, 1.165) is 11.1 Å². The number of amidine groups is 1. The summed E-state index contributed by atoms with van der Waals surface area (Å²) < 4.78 is 18.9. The van der Waals surface area contributed by atoms with Crippen LogP contribution in [0.15, 0.2) is 47.6 Å². The second-order valence-electron chi connectivity index (χ2n) is 4.34. The first-order valence-electron chi connectivity index (χ1n) is 6.06. The summed E-state index contributed by atoms with van der Waals surface area (Å²) in [7, 11) is 0. The first-order chi connectivity index (χ1) is 9.61. The molecule has 0 heterocycles. The Morgan fingerprint density at radius 2 is 2.05 bits per heavy atom. The van der Waals surface area contributed by atoms with Gasteiger partial charge in [0.1, 0.15) is 18.2 Å². The number of halogens is 1. The molecule has 0 aliphatic carbocycles. The van der Waals surface area contributed by atoms with Crippen LogP contribution in [0.3, 0.4) is 0 Å². The van der Waals surface area contributed by atoms with Crippen molar-refractivity contribution in [3.8, 4) is 5.75 Å².